The lowest BCUT2D eigenvalue weighted by Gasteiger charge is -2.54. The first kappa shape index (κ1) is 11.3. The van der Waals surface area contributed by atoms with Gasteiger partial charge < -0.3 is 11.1 Å². The van der Waals surface area contributed by atoms with Crippen LogP contribution in [0.15, 0.2) is 4.99 Å². The van der Waals surface area contributed by atoms with E-state index in [0.717, 1.165) is 22.9 Å². The van der Waals surface area contributed by atoms with Crippen molar-refractivity contribution in [3.05, 3.63) is 0 Å². The second-order valence-corrected chi connectivity index (χ2v) is 7.72. The third-order valence-corrected chi connectivity index (χ3v) is 5.96. The molecule has 0 aromatic carbocycles. The van der Waals surface area contributed by atoms with Crippen LogP contribution in [0.1, 0.15) is 38.5 Å². The van der Waals surface area contributed by atoms with Gasteiger partial charge in [-0.3, -0.25) is 9.79 Å². The molecular weight excluding hydrogens is 246 g/mol. The molecule has 0 spiro atoms. The smallest absolute Gasteiger partial charge is 0.253 e. The normalized spacial score (nSPS) is 52.1. The van der Waals surface area contributed by atoms with Crippen LogP contribution in [0.4, 0.5) is 0 Å². The SMILES string of the molecule is NC1SC(=NC23CC4CC(CC(C4)C2)C3)NC1=O. The Bertz CT molecular complexity index is 399. The Labute approximate surface area is 111 Å². The first-order valence-corrected chi connectivity index (χ1v) is 7.83. The molecule has 98 valence electrons. The fraction of sp³-hybridized carbons (Fsp3) is 0.846. The number of carbonyl (C=O) groups excluding carboxylic acids is 1. The molecule has 1 unspecified atom stereocenters. The van der Waals surface area contributed by atoms with E-state index in [-0.39, 0.29) is 11.4 Å². The van der Waals surface area contributed by atoms with Crippen molar-refractivity contribution in [1.82, 2.24) is 5.32 Å². The lowest BCUT2D eigenvalue weighted by atomic mass is 9.53. The lowest BCUT2D eigenvalue weighted by molar-refractivity contribution is -0.118. The van der Waals surface area contributed by atoms with E-state index in [0.29, 0.717) is 0 Å². The molecule has 4 saturated carbocycles. The summed E-state index contributed by atoms with van der Waals surface area (Å²) in [6.07, 6.45) is 7.95. The zero-order valence-electron chi connectivity index (χ0n) is 10.4. The summed E-state index contributed by atoms with van der Waals surface area (Å²) in [4.78, 5) is 16.4. The largest absolute Gasteiger partial charge is 0.311 e. The van der Waals surface area contributed by atoms with Gasteiger partial charge in [0.05, 0.1) is 5.54 Å². The van der Waals surface area contributed by atoms with Crippen LogP contribution < -0.4 is 11.1 Å². The summed E-state index contributed by atoms with van der Waals surface area (Å²) in [6, 6.07) is 0. The Kier molecular flexibility index (Phi) is 2.34. The minimum absolute atomic E-state index is 0.0940. The van der Waals surface area contributed by atoms with Crippen LogP contribution in [-0.4, -0.2) is 22.0 Å². The second-order valence-electron chi connectivity index (χ2n) is 6.59. The van der Waals surface area contributed by atoms with Gasteiger partial charge in [0.2, 0.25) is 0 Å². The number of nitrogens with one attached hydrogen (secondary N) is 1. The standard InChI is InChI=1S/C13H19N3OS/c14-10-11(17)15-12(18-10)16-13-4-7-1-8(5-13)3-9(2-7)6-13/h7-10H,1-6,14H2,(H,15,16,17). The fourth-order valence-corrected chi connectivity index (χ4v) is 5.66. The van der Waals surface area contributed by atoms with Crippen molar-refractivity contribution in [2.75, 3.05) is 0 Å². The van der Waals surface area contributed by atoms with E-state index < -0.39 is 5.37 Å². The predicted molar refractivity (Wildman–Crippen MR) is 72.0 cm³/mol. The van der Waals surface area contributed by atoms with E-state index in [1.165, 1.54) is 50.3 Å². The number of hydrogen-bond acceptors (Lipinski definition) is 4. The number of amides is 1. The van der Waals surface area contributed by atoms with Gasteiger partial charge in [-0.1, -0.05) is 11.8 Å². The first-order valence-electron chi connectivity index (χ1n) is 6.95. The van der Waals surface area contributed by atoms with Gasteiger partial charge in [-0.05, 0) is 56.3 Å². The number of carbonyl (C=O) groups is 1. The minimum atomic E-state index is -0.460. The van der Waals surface area contributed by atoms with E-state index in [2.05, 4.69) is 5.32 Å². The van der Waals surface area contributed by atoms with Gasteiger partial charge >= 0.3 is 0 Å². The maximum absolute atomic E-state index is 11.4. The van der Waals surface area contributed by atoms with Crippen LogP contribution in [0.3, 0.4) is 0 Å². The summed E-state index contributed by atoms with van der Waals surface area (Å²) in [7, 11) is 0. The van der Waals surface area contributed by atoms with Crippen LogP contribution in [0.5, 0.6) is 0 Å². The lowest BCUT2D eigenvalue weighted by Crippen LogP contribution is -2.50. The summed E-state index contributed by atoms with van der Waals surface area (Å²) in [5, 5.41) is 3.14. The molecule has 4 nitrogen and oxygen atoms in total. The number of amidine groups is 1. The summed E-state index contributed by atoms with van der Waals surface area (Å²) >= 11 is 1.39. The highest BCUT2D eigenvalue weighted by Gasteiger charge is 2.51. The van der Waals surface area contributed by atoms with Gasteiger partial charge in [0.1, 0.15) is 5.37 Å². The highest BCUT2D eigenvalue weighted by molar-refractivity contribution is 8.15. The number of nitrogens with two attached hydrogens (primary N) is 1. The monoisotopic (exact) mass is 265 g/mol. The van der Waals surface area contributed by atoms with E-state index in [1.54, 1.807) is 0 Å². The molecule has 4 bridgehead atoms. The van der Waals surface area contributed by atoms with Crippen LogP contribution in [-0.2, 0) is 4.79 Å². The molecule has 4 aliphatic carbocycles. The summed E-state index contributed by atoms with van der Waals surface area (Å²) in [5.74, 6) is 2.56. The molecule has 5 fully saturated rings. The Hall–Kier alpha value is -0.550. The van der Waals surface area contributed by atoms with Crippen molar-refractivity contribution < 1.29 is 4.79 Å². The van der Waals surface area contributed by atoms with Crippen LogP contribution in [0, 0.1) is 17.8 Å². The van der Waals surface area contributed by atoms with E-state index >= 15 is 0 Å². The molecule has 1 atom stereocenters. The van der Waals surface area contributed by atoms with Crippen molar-refractivity contribution in [3.63, 3.8) is 0 Å². The number of aliphatic imine (C=N–C) groups is 1. The zero-order valence-corrected chi connectivity index (χ0v) is 11.2. The summed E-state index contributed by atoms with van der Waals surface area (Å²) in [5.41, 5.74) is 5.84. The molecule has 0 radical (unpaired) electrons. The Morgan fingerprint density at radius 2 is 1.72 bits per heavy atom. The van der Waals surface area contributed by atoms with Crippen LogP contribution in [0.2, 0.25) is 0 Å². The van der Waals surface area contributed by atoms with Gasteiger partial charge in [-0.2, -0.15) is 0 Å². The molecule has 5 rings (SSSR count). The molecule has 5 heteroatoms. The molecule has 18 heavy (non-hydrogen) atoms. The molecule has 0 aromatic rings. The molecule has 3 N–H and O–H groups in total. The van der Waals surface area contributed by atoms with Crippen molar-refractivity contribution in [2.24, 2.45) is 28.5 Å². The molecule has 1 amide bonds. The Morgan fingerprint density at radius 3 is 2.17 bits per heavy atom. The highest BCUT2D eigenvalue weighted by Crippen LogP contribution is 2.57. The molecular formula is C13H19N3OS. The minimum Gasteiger partial charge on any atom is -0.311 e. The third-order valence-electron chi connectivity index (χ3n) is 5.07. The Morgan fingerprint density at radius 1 is 1.17 bits per heavy atom. The fourth-order valence-electron chi connectivity index (χ4n) is 4.85. The van der Waals surface area contributed by atoms with Crippen molar-refractivity contribution >= 4 is 22.8 Å². The van der Waals surface area contributed by atoms with Gasteiger partial charge in [0, 0.05) is 0 Å². The van der Waals surface area contributed by atoms with E-state index in [9.17, 15) is 4.79 Å². The number of thioether (sulfide) groups is 1. The van der Waals surface area contributed by atoms with Gasteiger partial charge in [0.15, 0.2) is 5.17 Å². The van der Waals surface area contributed by atoms with E-state index in [1.807, 2.05) is 0 Å². The third kappa shape index (κ3) is 1.71. The summed E-state index contributed by atoms with van der Waals surface area (Å²) in [6.45, 7) is 0. The van der Waals surface area contributed by atoms with E-state index in [4.69, 9.17) is 10.7 Å². The zero-order chi connectivity index (χ0) is 12.3. The maximum Gasteiger partial charge on any atom is 0.253 e. The van der Waals surface area contributed by atoms with Gasteiger partial charge in [-0.25, -0.2) is 0 Å². The number of rotatable bonds is 1. The van der Waals surface area contributed by atoms with Gasteiger partial charge in [0.25, 0.3) is 5.91 Å². The quantitative estimate of drug-likeness (QED) is 0.754. The topological polar surface area (TPSA) is 67.5 Å². The van der Waals surface area contributed by atoms with Crippen molar-refractivity contribution in [1.29, 1.82) is 0 Å². The second kappa shape index (κ2) is 3.73. The van der Waals surface area contributed by atoms with Crippen molar-refractivity contribution in [2.45, 2.75) is 49.4 Å². The Balaban J connectivity index is 1.61. The molecule has 1 saturated heterocycles. The molecule has 1 aliphatic heterocycles. The average Bonchev–Trinajstić information content (AvgIpc) is 2.54. The molecule has 5 aliphatic rings. The highest BCUT2D eigenvalue weighted by atomic mass is 32.2. The molecule has 0 aromatic heterocycles. The first-order chi connectivity index (χ1) is 8.62. The van der Waals surface area contributed by atoms with Gasteiger partial charge in [-0.15, -0.1) is 0 Å². The van der Waals surface area contributed by atoms with Crippen LogP contribution in [0.25, 0.3) is 0 Å². The number of nitrogens with zero attached hydrogens (tertiary/aromatic N) is 1. The maximum atomic E-state index is 11.4. The predicted octanol–water partition coefficient (Wildman–Crippen LogP) is 1.46. The van der Waals surface area contributed by atoms with Crippen LogP contribution >= 0.6 is 11.8 Å². The van der Waals surface area contributed by atoms with Crippen molar-refractivity contribution in [3.8, 4) is 0 Å². The average molecular weight is 265 g/mol. The molecule has 1 heterocycles. The summed E-state index contributed by atoms with van der Waals surface area (Å²) < 4.78 is 0. The number of hydrogen-bond donors (Lipinski definition) is 2.